The maximum absolute atomic E-state index is 12.7. The Labute approximate surface area is 111 Å². The van der Waals surface area contributed by atoms with Gasteiger partial charge in [-0.2, -0.15) is 0 Å². The number of methoxy groups -OCH3 is 1. The Morgan fingerprint density at radius 3 is 2.79 bits per heavy atom. The first kappa shape index (κ1) is 12.1. The van der Waals surface area contributed by atoms with E-state index in [1.54, 1.807) is 7.11 Å². The van der Waals surface area contributed by atoms with Crippen molar-refractivity contribution in [2.45, 2.75) is 32.3 Å². The summed E-state index contributed by atoms with van der Waals surface area (Å²) >= 11 is 0. The molecule has 100 valence electrons. The number of pyridine rings is 1. The molecule has 0 bridgehead atoms. The number of fused-ring (bicyclic) bond motifs is 2. The maximum Gasteiger partial charge on any atom is 0.199 e. The highest BCUT2D eigenvalue weighted by Gasteiger charge is 2.42. The van der Waals surface area contributed by atoms with Gasteiger partial charge in [-0.1, -0.05) is 19.9 Å². The first-order valence-corrected chi connectivity index (χ1v) is 6.37. The number of para-hydroxylation sites is 1. The maximum atomic E-state index is 12.7. The van der Waals surface area contributed by atoms with Gasteiger partial charge in [0.2, 0.25) is 0 Å². The molecular formula is C15H17NO3. The summed E-state index contributed by atoms with van der Waals surface area (Å²) in [5, 5.41) is 0.642. The summed E-state index contributed by atoms with van der Waals surface area (Å²) in [6.07, 6.45) is -0.0331. The number of aromatic nitrogens is 1. The number of nitrogens with one attached hydrogen (secondary N) is 1. The van der Waals surface area contributed by atoms with Crippen molar-refractivity contribution in [1.82, 2.24) is 4.98 Å². The molecule has 1 N–H and O–H groups in total. The van der Waals surface area contributed by atoms with Gasteiger partial charge in [0.15, 0.2) is 11.3 Å². The van der Waals surface area contributed by atoms with Crippen LogP contribution in [0.4, 0.5) is 0 Å². The third kappa shape index (κ3) is 1.49. The van der Waals surface area contributed by atoms with Crippen LogP contribution in [-0.2, 0) is 5.41 Å². The van der Waals surface area contributed by atoms with E-state index in [1.165, 1.54) is 0 Å². The monoisotopic (exact) mass is 259 g/mol. The Hall–Kier alpha value is -1.97. The Morgan fingerprint density at radius 1 is 1.37 bits per heavy atom. The van der Waals surface area contributed by atoms with Crippen molar-refractivity contribution in [2.75, 3.05) is 7.11 Å². The van der Waals surface area contributed by atoms with Crippen molar-refractivity contribution in [2.24, 2.45) is 0 Å². The van der Waals surface area contributed by atoms with Crippen LogP contribution in [0, 0.1) is 0 Å². The minimum atomic E-state index is -0.291. The fraction of sp³-hybridized carbons (Fsp3) is 0.400. The molecule has 0 amide bonds. The van der Waals surface area contributed by atoms with Crippen LogP contribution >= 0.6 is 0 Å². The molecule has 1 aliphatic heterocycles. The topological polar surface area (TPSA) is 51.3 Å². The second-order valence-corrected chi connectivity index (χ2v) is 5.52. The molecule has 1 atom stereocenters. The fourth-order valence-electron chi connectivity index (χ4n) is 2.63. The summed E-state index contributed by atoms with van der Waals surface area (Å²) < 4.78 is 11.1. The lowest BCUT2D eigenvalue weighted by Crippen LogP contribution is -2.32. The van der Waals surface area contributed by atoms with Crippen LogP contribution in [0.1, 0.15) is 26.3 Å². The molecule has 0 aliphatic carbocycles. The smallest absolute Gasteiger partial charge is 0.199 e. The number of hydrogen-bond donors (Lipinski definition) is 1. The van der Waals surface area contributed by atoms with Gasteiger partial charge in [-0.3, -0.25) is 4.79 Å². The van der Waals surface area contributed by atoms with Gasteiger partial charge in [-0.15, -0.1) is 0 Å². The Morgan fingerprint density at radius 2 is 2.11 bits per heavy atom. The zero-order valence-corrected chi connectivity index (χ0v) is 11.5. The largest absolute Gasteiger partial charge is 0.495 e. The summed E-state index contributed by atoms with van der Waals surface area (Å²) in [5.41, 5.74) is 1.15. The molecule has 0 saturated carbocycles. The van der Waals surface area contributed by atoms with Gasteiger partial charge < -0.3 is 14.5 Å². The van der Waals surface area contributed by atoms with Crippen molar-refractivity contribution in [3.8, 4) is 11.6 Å². The molecule has 0 unspecified atom stereocenters. The molecule has 2 heterocycles. The van der Waals surface area contributed by atoms with E-state index in [4.69, 9.17) is 9.47 Å². The predicted molar refractivity (Wildman–Crippen MR) is 74.2 cm³/mol. The van der Waals surface area contributed by atoms with Gasteiger partial charge in [0, 0.05) is 10.8 Å². The Bertz CT molecular complexity index is 715. The van der Waals surface area contributed by atoms with Gasteiger partial charge in [-0.25, -0.2) is 0 Å². The molecule has 3 rings (SSSR count). The van der Waals surface area contributed by atoms with E-state index in [9.17, 15) is 4.79 Å². The molecule has 1 aromatic carbocycles. The Kier molecular flexibility index (Phi) is 2.39. The zero-order valence-electron chi connectivity index (χ0n) is 11.5. The second kappa shape index (κ2) is 3.76. The van der Waals surface area contributed by atoms with Crippen molar-refractivity contribution >= 4 is 10.9 Å². The predicted octanol–water partition coefficient (Wildman–Crippen LogP) is 2.60. The molecule has 4 nitrogen and oxygen atoms in total. The van der Waals surface area contributed by atoms with E-state index in [-0.39, 0.29) is 16.9 Å². The van der Waals surface area contributed by atoms with Crippen molar-refractivity contribution in [3.63, 3.8) is 0 Å². The van der Waals surface area contributed by atoms with E-state index in [1.807, 2.05) is 39.0 Å². The fourth-order valence-corrected chi connectivity index (χ4v) is 2.63. The van der Waals surface area contributed by atoms with Crippen molar-refractivity contribution < 1.29 is 9.47 Å². The number of hydrogen-bond acceptors (Lipinski definition) is 3. The summed E-state index contributed by atoms with van der Waals surface area (Å²) in [6.45, 7) is 6.05. The summed E-state index contributed by atoms with van der Waals surface area (Å²) in [7, 11) is 1.59. The normalized spacial score (nSPS) is 20.1. The molecule has 0 saturated heterocycles. The molecule has 1 aromatic heterocycles. The number of aromatic amines is 1. The molecule has 4 heteroatoms. The molecule has 2 aromatic rings. The lowest BCUT2D eigenvalue weighted by molar-refractivity contribution is 0.181. The van der Waals surface area contributed by atoms with Crippen molar-refractivity contribution in [1.29, 1.82) is 0 Å². The first-order chi connectivity index (χ1) is 8.96. The third-order valence-corrected chi connectivity index (χ3v) is 4.14. The molecular weight excluding hydrogens is 242 g/mol. The van der Waals surface area contributed by atoms with Gasteiger partial charge >= 0.3 is 0 Å². The van der Waals surface area contributed by atoms with Gasteiger partial charge in [-0.05, 0) is 19.1 Å². The molecule has 0 fully saturated rings. The van der Waals surface area contributed by atoms with E-state index in [0.717, 1.165) is 5.56 Å². The minimum absolute atomic E-state index is 0.0250. The van der Waals surface area contributed by atoms with Crippen LogP contribution in [0.5, 0.6) is 11.6 Å². The minimum Gasteiger partial charge on any atom is -0.495 e. The van der Waals surface area contributed by atoms with Gasteiger partial charge in [0.05, 0.1) is 18.2 Å². The highest BCUT2D eigenvalue weighted by molar-refractivity contribution is 5.86. The molecule has 0 spiro atoms. The first-order valence-electron chi connectivity index (χ1n) is 6.37. The van der Waals surface area contributed by atoms with Crippen LogP contribution in [-0.4, -0.2) is 18.2 Å². The van der Waals surface area contributed by atoms with Gasteiger partial charge in [0.1, 0.15) is 11.9 Å². The third-order valence-electron chi connectivity index (χ3n) is 4.14. The highest BCUT2D eigenvalue weighted by atomic mass is 16.5. The van der Waals surface area contributed by atoms with Crippen LogP contribution in [0.2, 0.25) is 0 Å². The second-order valence-electron chi connectivity index (χ2n) is 5.52. The summed E-state index contributed by atoms with van der Waals surface area (Å²) in [5.74, 6) is 1.22. The number of ether oxygens (including phenoxy) is 2. The van der Waals surface area contributed by atoms with Crippen LogP contribution in [0.3, 0.4) is 0 Å². The van der Waals surface area contributed by atoms with Gasteiger partial charge in [0.25, 0.3) is 0 Å². The van der Waals surface area contributed by atoms with E-state index in [0.29, 0.717) is 22.5 Å². The highest BCUT2D eigenvalue weighted by Crippen LogP contribution is 2.40. The molecule has 0 radical (unpaired) electrons. The standard InChI is InChI=1S/C15H17NO3/c1-8-15(2,3)11-13(17)9-6-5-7-10(18-4)12(9)16-14(11)19-8/h5-8H,1-4H3,(H,16,17)/t8-/m1/s1. The SMILES string of the molecule is COc1cccc2c(=O)c3c([nH]c12)O[C@H](C)C3(C)C. The van der Waals surface area contributed by atoms with Crippen molar-refractivity contribution in [3.05, 3.63) is 34.0 Å². The van der Waals surface area contributed by atoms with Crippen LogP contribution in [0.25, 0.3) is 10.9 Å². The van der Waals surface area contributed by atoms with E-state index in [2.05, 4.69) is 4.98 Å². The molecule has 19 heavy (non-hydrogen) atoms. The Balaban J connectivity index is 2.43. The number of H-pyrrole nitrogens is 1. The average molecular weight is 259 g/mol. The summed E-state index contributed by atoms with van der Waals surface area (Å²) in [4.78, 5) is 15.9. The average Bonchev–Trinajstić information content (AvgIpc) is 2.60. The number of benzene rings is 1. The molecule has 1 aliphatic rings. The van der Waals surface area contributed by atoms with E-state index >= 15 is 0 Å². The lowest BCUT2D eigenvalue weighted by Gasteiger charge is -2.21. The van der Waals surface area contributed by atoms with Crippen LogP contribution in [0.15, 0.2) is 23.0 Å². The van der Waals surface area contributed by atoms with E-state index < -0.39 is 0 Å². The quantitative estimate of drug-likeness (QED) is 0.856. The number of rotatable bonds is 1. The zero-order chi connectivity index (χ0) is 13.8. The summed E-state index contributed by atoms with van der Waals surface area (Å²) in [6, 6.07) is 5.47. The van der Waals surface area contributed by atoms with Crippen LogP contribution < -0.4 is 14.9 Å². The lowest BCUT2D eigenvalue weighted by atomic mass is 9.82.